The van der Waals surface area contributed by atoms with E-state index in [4.69, 9.17) is 21.1 Å². The first-order valence-electron chi connectivity index (χ1n) is 8.78. The van der Waals surface area contributed by atoms with Crippen LogP contribution in [0.2, 0.25) is 5.02 Å². The first-order valence-corrected chi connectivity index (χ1v) is 9.95. The van der Waals surface area contributed by atoms with Gasteiger partial charge >= 0.3 is 5.97 Å². The first-order chi connectivity index (χ1) is 14.5. The van der Waals surface area contributed by atoms with Gasteiger partial charge in [-0.15, -0.1) is 0 Å². The molecule has 0 atom stereocenters. The van der Waals surface area contributed by atoms with Gasteiger partial charge in [0.1, 0.15) is 11.5 Å². The Morgan fingerprint density at radius 1 is 1.03 bits per heavy atom. The molecule has 0 heterocycles. The molecular weight excluding hydrogens is 472 g/mol. The van der Waals surface area contributed by atoms with Gasteiger partial charge in [-0.1, -0.05) is 29.8 Å². The average Bonchev–Trinajstić information content (AvgIpc) is 2.74. The second kappa shape index (κ2) is 10.6. The van der Waals surface area contributed by atoms with Crippen molar-refractivity contribution in [1.82, 2.24) is 5.43 Å². The number of carbonyl (C=O) groups is 2. The lowest BCUT2D eigenvalue weighted by Gasteiger charge is -2.06. The SMILES string of the molecule is O=C(COc1ccccc1Br)NN=Cc1ccc(OC(=O)c2cccc(Cl)c2)cc1. The van der Waals surface area contributed by atoms with E-state index >= 15 is 0 Å². The van der Waals surface area contributed by atoms with Crippen molar-refractivity contribution in [3.8, 4) is 11.5 Å². The second-order valence-electron chi connectivity index (χ2n) is 5.98. The Bertz CT molecular complexity index is 1070. The van der Waals surface area contributed by atoms with E-state index in [1.165, 1.54) is 12.3 Å². The van der Waals surface area contributed by atoms with E-state index in [1.807, 2.05) is 18.2 Å². The Kier molecular flexibility index (Phi) is 7.59. The number of halogens is 2. The van der Waals surface area contributed by atoms with Gasteiger partial charge in [-0.2, -0.15) is 5.10 Å². The van der Waals surface area contributed by atoms with Crippen LogP contribution in [-0.4, -0.2) is 24.7 Å². The Labute approximate surface area is 186 Å². The van der Waals surface area contributed by atoms with Crippen molar-refractivity contribution in [1.29, 1.82) is 0 Å². The number of nitrogens with zero attached hydrogens (tertiary/aromatic N) is 1. The number of ether oxygens (including phenoxy) is 2. The van der Waals surface area contributed by atoms with E-state index in [2.05, 4.69) is 26.5 Å². The quantitative estimate of drug-likeness (QED) is 0.224. The lowest BCUT2D eigenvalue weighted by molar-refractivity contribution is -0.123. The molecule has 1 amide bonds. The molecule has 8 heteroatoms. The van der Waals surface area contributed by atoms with Crippen LogP contribution >= 0.6 is 27.5 Å². The maximum atomic E-state index is 12.1. The molecule has 0 bridgehead atoms. The van der Waals surface area contributed by atoms with Crippen molar-refractivity contribution in [3.05, 3.63) is 93.4 Å². The number of hydrogen-bond donors (Lipinski definition) is 1. The van der Waals surface area contributed by atoms with E-state index in [0.717, 1.165) is 4.47 Å². The summed E-state index contributed by atoms with van der Waals surface area (Å²) in [6.07, 6.45) is 1.47. The van der Waals surface area contributed by atoms with Gasteiger partial charge in [-0.05, 0) is 76.1 Å². The largest absolute Gasteiger partial charge is 0.483 e. The molecule has 6 nitrogen and oxygen atoms in total. The summed E-state index contributed by atoms with van der Waals surface area (Å²) in [7, 11) is 0. The van der Waals surface area contributed by atoms with Crippen LogP contribution in [0.25, 0.3) is 0 Å². The van der Waals surface area contributed by atoms with Crippen molar-refractivity contribution in [2.45, 2.75) is 0 Å². The minimum absolute atomic E-state index is 0.168. The Hall–Kier alpha value is -3.16. The molecule has 3 rings (SSSR count). The number of benzene rings is 3. The zero-order valence-corrected chi connectivity index (χ0v) is 17.9. The molecule has 152 valence electrons. The summed E-state index contributed by atoms with van der Waals surface area (Å²) in [4.78, 5) is 23.9. The summed E-state index contributed by atoms with van der Waals surface area (Å²) in [5.41, 5.74) is 3.46. The zero-order chi connectivity index (χ0) is 21.3. The van der Waals surface area contributed by atoms with Gasteiger partial charge in [0.25, 0.3) is 5.91 Å². The zero-order valence-electron chi connectivity index (χ0n) is 15.5. The Morgan fingerprint density at radius 2 is 1.80 bits per heavy atom. The van der Waals surface area contributed by atoms with E-state index in [-0.39, 0.29) is 6.61 Å². The minimum atomic E-state index is -0.503. The van der Waals surface area contributed by atoms with Crippen LogP contribution in [0.15, 0.2) is 82.4 Å². The van der Waals surface area contributed by atoms with Crippen molar-refractivity contribution in [2.24, 2.45) is 5.10 Å². The molecule has 0 aliphatic rings. The van der Waals surface area contributed by atoms with E-state index in [0.29, 0.717) is 27.6 Å². The number of amides is 1. The number of esters is 1. The van der Waals surface area contributed by atoms with Crippen LogP contribution in [0, 0.1) is 0 Å². The van der Waals surface area contributed by atoms with Crippen molar-refractivity contribution in [2.75, 3.05) is 6.61 Å². The molecule has 0 saturated carbocycles. The lowest BCUT2D eigenvalue weighted by atomic mass is 10.2. The molecule has 30 heavy (non-hydrogen) atoms. The number of para-hydroxylation sites is 1. The summed E-state index contributed by atoms with van der Waals surface area (Å²) in [6, 6.07) is 20.4. The van der Waals surface area contributed by atoms with E-state index < -0.39 is 11.9 Å². The number of carbonyl (C=O) groups excluding carboxylic acids is 2. The van der Waals surface area contributed by atoms with Crippen LogP contribution in [0.4, 0.5) is 0 Å². The van der Waals surface area contributed by atoms with Crippen molar-refractivity contribution < 1.29 is 19.1 Å². The van der Waals surface area contributed by atoms with Crippen molar-refractivity contribution >= 4 is 45.6 Å². The first kappa shape index (κ1) is 21.5. The van der Waals surface area contributed by atoms with E-state index in [9.17, 15) is 9.59 Å². The van der Waals surface area contributed by atoms with Gasteiger partial charge in [0.05, 0.1) is 16.3 Å². The molecular formula is C22H16BrClN2O4. The topological polar surface area (TPSA) is 77.0 Å². The maximum absolute atomic E-state index is 12.1. The molecule has 3 aromatic carbocycles. The van der Waals surface area contributed by atoms with Gasteiger partial charge in [-0.3, -0.25) is 4.79 Å². The van der Waals surface area contributed by atoms with Crippen LogP contribution in [-0.2, 0) is 4.79 Å². The molecule has 1 N–H and O–H groups in total. The number of rotatable bonds is 7. The van der Waals surface area contributed by atoms with E-state index in [1.54, 1.807) is 48.5 Å². The average molecular weight is 488 g/mol. The molecule has 0 fully saturated rings. The summed E-state index contributed by atoms with van der Waals surface area (Å²) in [5.74, 6) is 0.0489. The predicted molar refractivity (Wildman–Crippen MR) is 118 cm³/mol. The van der Waals surface area contributed by atoms with Gasteiger partial charge in [0, 0.05) is 5.02 Å². The van der Waals surface area contributed by atoms with Crippen LogP contribution in [0.1, 0.15) is 15.9 Å². The van der Waals surface area contributed by atoms with Crippen LogP contribution in [0.3, 0.4) is 0 Å². The molecule has 0 aromatic heterocycles. The van der Waals surface area contributed by atoms with Gasteiger partial charge in [0.15, 0.2) is 6.61 Å². The molecule has 0 unspecified atom stereocenters. The lowest BCUT2D eigenvalue weighted by Crippen LogP contribution is -2.24. The highest BCUT2D eigenvalue weighted by Gasteiger charge is 2.09. The van der Waals surface area contributed by atoms with Crippen molar-refractivity contribution in [3.63, 3.8) is 0 Å². The summed E-state index contributed by atoms with van der Waals surface area (Å²) in [5, 5.41) is 4.34. The predicted octanol–water partition coefficient (Wildman–Crippen LogP) is 4.85. The Balaban J connectivity index is 1.48. The standard InChI is InChI=1S/C22H16BrClN2O4/c23-19-6-1-2-7-20(19)29-14-21(27)26-25-13-15-8-10-18(11-9-15)30-22(28)16-4-3-5-17(24)12-16/h1-13H,14H2,(H,26,27). The molecule has 0 saturated heterocycles. The fourth-order valence-corrected chi connectivity index (χ4v) is 2.91. The number of nitrogens with one attached hydrogen (secondary N) is 1. The summed E-state index contributed by atoms with van der Waals surface area (Å²) in [6.45, 7) is -0.168. The third kappa shape index (κ3) is 6.43. The minimum Gasteiger partial charge on any atom is -0.483 e. The van der Waals surface area contributed by atoms with Gasteiger partial charge in [0.2, 0.25) is 0 Å². The highest BCUT2D eigenvalue weighted by Crippen LogP contribution is 2.23. The molecule has 3 aromatic rings. The fourth-order valence-electron chi connectivity index (χ4n) is 2.32. The third-order valence-corrected chi connectivity index (χ3v) is 4.64. The second-order valence-corrected chi connectivity index (χ2v) is 7.27. The molecule has 0 aliphatic carbocycles. The number of hydrogen-bond acceptors (Lipinski definition) is 5. The number of hydrazone groups is 1. The molecule has 0 radical (unpaired) electrons. The molecule has 0 spiro atoms. The van der Waals surface area contributed by atoms with Gasteiger partial charge in [-0.25, -0.2) is 10.2 Å². The summed E-state index contributed by atoms with van der Waals surface area (Å²) >= 11 is 9.22. The highest BCUT2D eigenvalue weighted by molar-refractivity contribution is 9.10. The smallest absolute Gasteiger partial charge is 0.343 e. The van der Waals surface area contributed by atoms with Crippen LogP contribution in [0.5, 0.6) is 11.5 Å². The monoisotopic (exact) mass is 486 g/mol. The van der Waals surface area contributed by atoms with Crippen LogP contribution < -0.4 is 14.9 Å². The molecule has 0 aliphatic heterocycles. The normalized spacial score (nSPS) is 10.6. The highest BCUT2D eigenvalue weighted by atomic mass is 79.9. The fraction of sp³-hybridized carbons (Fsp3) is 0.0455. The Morgan fingerprint density at radius 3 is 2.53 bits per heavy atom. The third-order valence-electron chi connectivity index (χ3n) is 3.75. The van der Waals surface area contributed by atoms with Gasteiger partial charge < -0.3 is 9.47 Å². The maximum Gasteiger partial charge on any atom is 0.343 e. The summed E-state index contributed by atoms with van der Waals surface area (Å²) < 4.78 is 11.5.